The second-order valence-corrected chi connectivity index (χ2v) is 13.0. The average Bonchev–Trinajstić information content (AvgIpc) is 3.41. The fourth-order valence-electron chi connectivity index (χ4n) is 5.78. The minimum Gasteiger partial charge on any atom is -0.0837 e. The molecule has 0 heterocycles. The zero-order valence-electron chi connectivity index (χ0n) is 22.9. The van der Waals surface area contributed by atoms with Crippen LogP contribution in [0, 0.1) is 0 Å². The molecule has 3 aromatic rings. The molecule has 0 radical (unpaired) electrons. The van der Waals surface area contributed by atoms with Gasteiger partial charge in [0.1, 0.15) is 0 Å². The minimum absolute atomic E-state index is 0.0165. The summed E-state index contributed by atoms with van der Waals surface area (Å²) in [6, 6.07) is 17.7. The van der Waals surface area contributed by atoms with Crippen LogP contribution in [0.25, 0.3) is 33.9 Å². The lowest BCUT2D eigenvalue weighted by atomic mass is 9.76. The molecule has 0 aromatic heterocycles. The van der Waals surface area contributed by atoms with E-state index in [1.54, 1.807) is 0 Å². The number of hydrogen-bond acceptors (Lipinski definition) is 0. The lowest BCUT2D eigenvalue weighted by Gasteiger charge is -2.27. The zero-order chi connectivity index (χ0) is 26.0. The molecule has 5 rings (SSSR count). The maximum atomic E-state index is 6.74. The first-order chi connectivity index (χ1) is 16.9. The molecule has 0 atom stereocenters. The van der Waals surface area contributed by atoms with Gasteiger partial charge in [-0.25, -0.2) is 0 Å². The molecule has 0 saturated carbocycles. The Bertz CT molecular complexity index is 1570. The second kappa shape index (κ2) is 8.63. The summed E-state index contributed by atoms with van der Waals surface area (Å²) < 4.78 is 0. The van der Waals surface area contributed by atoms with Gasteiger partial charge in [0, 0.05) is 10.6 Å². The molecular formula is C35H37Cl. The van der Waals surface area contributed by atoms with E-state index in [1.807, 2.05) is 12.1 Å². The molecular weight excluding hydrogens is 456 g/mol. The molecule has 0 N–H and O–H groups in total. The van der Waals surface area contributed by atoms with Crippen LogP contribution in [-0.2, 0) is 10.8 Å². The highest BCUT2D eigenvalue weighted by Crippen LogP contribution is 2.41. The smallest absolute Gasteiger partial charge is 0.0484 e. The van der Waals surface area contributed by atoms with Gasteiger partial charge in [-0.15, -0.1) is 0 Å². The van der Waals surface area contributed by atoms with Gasteiger partial charge in [0.25, 0.3) is 0 Å². The summed E-state index contributed by atoms with van der Waals surface area (Å²) in [4.78, 5) is 0. The quantitative estimate of drug-likeness (QED) is 0.262. The maximum absolute atomic E-state index is 6.74. The summed E-state index contributed by atoms with van der Waals surface area (Å²) in [6.07, 6.45) is 7.92. The molecule has 2 aliphatic rings. The van der Waals surface area contributed by atoms with Gasteiger partial charge >= 0.3 is 0 Å². The molecule has 2 aliphatic carbocycles. The van der Waals surface area contributed by atoms with E-state index in [0.717, 1.165) is 17.0 Å². The van der Waals surface area contributed by atoms with Crippen molar-refractivity contribution in [2.24, 2.45) is 0 Å². The lowest BCUT2D eigenvalue weighted by molar-refractivity contribution is 0.583. The number of halogens is 1. The van der Waals surface area contributed by atoms with Gasteiger partial charge in [-0.1, -0.05) is 107 Å². The van der Waals surface area contributed by atoms with Crippen molar-refractivity contribution in [1.29, 1.82) is 0 Å². The third-order valence-electron chi connectivity index (χ3n) is 7.56. The summed E-state index contributed by atoms with van der Waals surface area (Å²) in [5, 5.41) is 3.53. The van der Waals surface area contributed by atoms with E-state index in [9.17, 15) is 0 Å². The fourth-order valence-corrected chi connectivity index (χ4v) is 6.02. The zero-order valence-corrected chi connectivity index (χ0v) is 23.7. The van der Waals surface area contributed by atoms with Gasteiger partial charge in [0.2, 0.25) is 0 Å². The Hall–Kier alpha value is -2.83. The molecule has 0 spiro atoms. The van der Waals surface area contributed by atoms with Crippen LogP contribution in [0.1, 0.15) is 89.6 Å². The van der Waals surface area contributed by atoms with E-state index in [-0.39, 0.29) is 10.8 Å². The molecule has 0 bridgehead atoms. The first-order valence-electron chi connectivity index (χ1n) is 13.0. The predicted octanol–water partition coefficient (Wildman–Crippen LogP) is 8.81. The van der Waals surface area contributed by atoms with E-state index in [2.05, 4.69) is 110 Å². The molecule has 0 saturated heterocycles. The van der Waals surface area contributed by atoms with Crippen molar-refractivity contribution in [3.05, 3.63) is 104 Å². The molecule has 0 nitrogen and oxygen atoms in total. The van der Waals surface area contributed by atoms with Crippen molar-refractivity contribution in [2.45, 2.75) is 72.6 Å². The van der Waals surface area contributed by atoms with E-state index in [1.165, 1.54) is 60.5 Å². The normalized spacial score (nSPS) is 14.7. The van der Waals surface area contributed by atoms with Gasteiger partial charge in [-0.05, 0) is 104 Å². The summed E-state index contributed by atoms with van der Waals surface area (Å²) in [5.41, 5.74) is 13.4. The van der Waals surface area contributed by atoms with Crippen LogP contribution in [0.2, 0.25) is 5.02 Å². The van der Waals surface area contributed by atoms with Crippen LogP contribution in [-0.4, -0.2) is 0 Å². The topological polar surface area (TPSA) is 0 Å². The Labute approximate surface area is 221 Å². The molecule has 0 amide bonds. The number of hydrogen-bond donors (Lipinski definition) is 0. The maximum Gasteiger partial charge on any atom is 0.0484 e. The minimum atomic E-state index is -0.0165. The van der Waals surface area contributed by atoms with Crippen LogP contribution in [0.3, 0.4) is 0 Å². The van der Waals surface area contributed by atoms with Crippen LogP contribution in [0.4, 0.5) is 0 Å². The van der Waals surface area contributed by atoms with E-state index in [4.69, 9.17) is 11.6 Å². The van der Waals surface area contributed by atoms with Crippen molar-refractivity contribution < 1.29 is 0 Å². The number of fused-ring (bicyclic) bond motifs is 3. The molecule has 0 fully saturated rings. The average molecular weight is 493 g/mol. The van der Waals surface area contributed by atoms with Crippen LogP contribution < -0.4 is 10.4 Å². The Morgan fingerprint density at radius 2 is 1.53 bits per heavy atom. The largest absolute Gasteiger partial charge is 0.0837 e. The van der Waals surface area contributed by atoms with Crippen molar-refractivity contribution >= 4 is 34.4 Å². The highest BCUT2D eigenvalue weighted by atomic mass is 35.5. The summed E-state index contributed by atoms with van der Waals surface area (Å²) >= 11 is 6.74. The van der Waals surface area contributed by atoms with Gasteiger partial charge in [-0.3, -0.25) is 0 Å². The van der Waals surface area contributed by atoms with E-state index >= 15 is 0 Å². The van der Waals surface area contributed by atoms with Crippen molar-refractivity contribution in [2.75, 3.05) is 0 Å². The highest BCUT2D eigenvalue weighted by molar-refractivity contribution is 6.33. The Kier molecular flexibility index (Phi) is 5.96. The van der Waals surface area contributed by atoms with Crippen LogP contribution >= 0.6 is 11.6 Å². The van der Waals surface area contributed by atoms with Crippen LogP contribution in [0.5, 0.6) is 0 Å². The Morgan fingerprint density at radius 3 is 2.17 bits per heavy atom. The number of allylic oxidation sites excluding steroid dienone is 4. The molecule has 184 valence electrons. The van der Waals surface area contributed by atoms with E-state index in [0.29, 0.717) is 0 Å². The van der Waals surface area contributed by atoms with Crippen molar-refractivity contribution in [3.63, 3.8) is 0 Å². The van der Waals surface area contributed by atoms with Crippen LogP contribution in [0.15, 0.2) is 60.7 Å². The van der Waals surface area contributed by atoms with Gasteiger partial charge in [-0.2, -0.15) is 0 Å². The Balaban J connectivity index is 1.94. The van der Waals surface area contributed by atoms with Gasteiger partial charge in [0.05, 0.1) is 0 Å². The first-order valence-corrected chi connectivity index (χ1v) is 13.4. The number of rotatable bonds is 2. The fraction of sp³-hybridized carbons (Fsp3) is 0.314. The van der Waals surface area contributed by atoms with Gasteiger partial charge < -0.3 is 0 Å². The van der Waals surface area contributed by atoms with E-state index < -0.39 is 0 Å². The highest BCUT2D eigenvalue weighted by Gasteiger charge is 2.29. The lowest BCUT2D eigenvalue weighted by Crippen LogP contribution is -2.31. The summed E-state index contributed by atoms with van der Waals surface area (Å²) in [5.74, 6) is 0. The Morgan fingerprint density at radius 1 is 0.806 bits per heavy atom. The molecule has 1 heteroatoms. The standard InChI is InChI=1S/C35H37Cl/c1-21(2)28-20-29-24-17-16-23(34(3,4)5)18-22(24)19-30(29)32(33(28)35(6,7)8)27-14-11-13-25(27)26-12-9-10-15-31(26)36/h9-13,15-20H,14H2,1-8H3. The summed E-state index contributed by atoms with van der Waals surface area (Å²) in [6.45, 7) is 18.4. The third-order valence-corrected chi connectivity index (χ3v) is 7.89. The van der Waals surface area contributed by atoms with Gasteiger partial charge in [0.15, 0.2) is 0 Å². The molecule has 36 heavy (non-hydrogen) atoms. The predicted molar refractivity (Wildman–Crippen MR) is 159 cm³/mol. The monoisotopic (exact) mass is 492 g/mol. The number of benzene rings is 3. The van der Waals surface area contributed by atoms with Crippen molar-refractivity contribution in [3.8, 4) is 11.1 Å². The first kappa shape index (κ1) is 24.8. The molecule has 0 unspecified atom stereocenters. The molecule has 3 aromatic carbocycles. The van der Waals surface area contributed by atoms with Crippen molar-refractivity contribution in [1.82, 2.24) is 0 Å². The molecule has 0 aliphatic heterocycles. The SMILES string of the molecule is CC(C)=c1cc2c(c(C3=C(c4ccccc4Cl)C=CC3)c1C(C)(C)C)=Cc1cc(C(C)(C)C)ccc1-2. The summed E-state index contributed by atoms with van der Waals surface area (Å²) in [7, 11) is 0. The third kappa shape index (κ3) is 4.10. The second-order valence-electron chi connectivity index (χ2n) is 12.6.